The molecule has 0 radical (unpaired) electrons. The lowest BCUT2D eigenvalue weighted by atomic mass is 10.2. The van der Waals surface area contributed by atoms with E-state index in [-0.39, 0.29) is 4.21 Å². The van der Waals surface area contributed by atoms with Gasteiger partial charge in [-0.3, -0.25) is 4.72 Å². The summed E-state index contributed by atoms with van der Waals surface area (Å²) < 4.78 is 27.2. The minimum atomic E-state index is -3.53. The first-order valence-electron chi connectivity index (χ1n) is 6.80. The molecule has 21 heavy (non-hydrogen) atoms. The van der Waals surface area contributed by atoms with Crippen molar-refractivity contribution in [3.63, 3.8) is 0 Å². The minimum Gasteiger partial charge on any atom is -0.310 e. The van der Waals surface area contributed by atoms with Crippen molar-refractivity contribution in [2.45, 2.75) is 36.6 Å². The van der Waals surface area contributed by atoms with Crippen LogP contribution in [0.5, 0.6) is 0 Å². The molecule has 5 nitrogen and oxygen atoms in total. The Bertz CT molecular complexity index is 719. The molecule has 1 heterocycles. The van der Waals surface area contributed by atoms with Crippen LogP contribution in [-0.4, -0.2) is 19.4 Å². The van der Waals surface area contributed by atoms with Crippen molar-refractivity contribution in [2.24, 2.45) is 0 Å². The highest BCUT2D eigenvalue weighted by atomic mass is 32.2. The summed E-state index contributed by atoms with van der Waals surface area (Å²) in [5.74, 6) is 0. The highest BCUT2D eigenvalue weighted by Gasteiger charge is 2.20. The van der Waals surface area contributed by atoms with Crippen molar-refractivity contribution in [1.29, 1.82) is 0 Å². The van der Waals surface area contributed by atoms with Crippen LogP contribution in [0.4, 0.5) is 5.69 Å². The van der Waals surface area contributed by atoms with E-state index in [9.17, 15) is 8.42 Å². The molecule has 0 saturated heterocycles. The number of sulfonamides is 1. The van der Waals surface area contributed by atoms with Gasteiger partial charge in [-0.2, -0.15) is 0 Å². The third kappa shape index (κ3) is 3.81. The number of benzene rings is 1. The Kier molecular flexibility index (Phi) is 3.97. The van der Waals surface area contributed by atoms with Gasteiger partial charge in [-0.1, -0.05) is 12.1 Å². The van der Waals surface area contributed by atoms with Crippen molar-refractivity contribution in [1.82, 2.24) is 10.3 Å². The van der Waals surface area contributed by atoms with Crippen LogP contribution in [0.25, 0.3) is 0 Å². The molecule has 0 unspecified atom stereocenters. The summed E-state index contributed by atoms with van der Waals surface area (Å²) in [6, 6.07) is 8.11. The summed E-state index contributed by atoms with van der Waals surface area (Å²) in [6.45, 7) is 2.61. The maximum atomic E-state index is 12.2. The van der Waals surface area contributed by atoms with E-state index in [0.717, 1.165) is 28.5 Å². The summed E-state index contributed by atoms with van der Waals surface area (Å²) in [6.07, 6.45) is 3.90. The van der Waals surface area contributed by atoms with Crippen molar-refractivity contribution >= 4 is 27.0 Å². The highest BCUT2D eigenvalue weighted by molar-refractivity contribution is 7.94. The monoisotopic (exact) mass is 323 g/mol. The Hall–Kier alpha value is -1.44. The van der Waals surface area contributed by atoms with Crippen LogP contribution in [0.1, 0.15) is 23.4 Å². The van der Waals surface area contributed by atoms with Gasteiger partial charge < -0.3 is 5.32 Å². The van der Waals surface area contributed by atoms with Gasteiger partial charge in [0.25, 0.3) is 10.0 Å². The summed E-state index contributed by atoms with van der Waals surface area (Å²) in [7, 11) is -3.53. The molecule has 1 aliphatic carbocycles. The third-order valence-corrected chi connectivity index (χ3v) is 6.00. The molecule has 1 saturated carbocycles. The Balaban J connectivity index is 1.66. The lowest BCUT2D eigenvalue weighted by molar-refractivity contribution is 0.603. The first-order valence-corrected chi connectivity index (χ1v) is 9.10. The smallest absolute Gasteiger partial charge is 0.273 e. The number of nitrogens with zero attached hydrogens (tertiary/aromatic N) is 1. The zero-order valence-electron chi connectivity index (χ0n) is 11.7. The molecule has 1 aromatic heterocycles. The fourth-order valence-corrected chi connectivity index (χ4v) is 4.08. The van der Waals surface area contributed by atoms with E-state index in [1.807, 2.05) is 12.1 Å². The first-order chi connectivity index (χ1) is 10.0. The van der Waals surface area contributed by atoms with Crippen molar-refractivity contribution in [2.75, 3.05) is 4.72 Å². The topological polar surface area (TPSA) is 71.1 Å². The number of thiazole rings is 1. The fourth-order valence-electron chi connectivity index (χ4n) is 1.91. The molecule has 112 valence electrons. The number of nitrogens with one attached hydrogen (secondary N) is 2. The number of hydrogen-bond acceptors (Lipinski definition) is 5. The van der Waals surface area contributed by atoms with Gasteiger partial charge in [0, 0.05) is 18.3 Å². The molecule has 0 aliphatic heterocycles. The minimum absolute atomic E-state index is 0.236. The van der Waals surface area contributed by atoms with Crippen LogP contribution in [0.3, 0.4) is 0 Å². The largest absolute Gasteiger partial charge is 0.310 e. The zero-order valence-corrected chi connectivity index (χ0v) is 13.3. The Labute approximate surface area is 128 Å². The van der Waals surface area contributed by atoms with Gasteiger partial charge in [0.15, 0.2) is 4.21 Å². The normalized spacial score (nSPS) is 15.1. The number of aryl methyl sites for hydroxylation is 1. The molecule has 0 spiro atoms. The standard InChI is InChI=1S/C14H17N3O2S2/c1-10-15-9-14(20-10)21(18,19)17-13-4-2-11(3-5-13)8-16-12-6-7-12/h2-5,9,12,16-17H,6-8H2,1H3. The van der Waals surface area contributed by atoms with E-state index < -0.39 is 10.0 Å². The second-order valence-electron chi connectivity index (χ2n) is 5.16. The molecule has 0 bridgehead atoms. The molecule has 0 atom stereocenters. The predicted molar refractivity (Wildman–Crippen MR) is 84.0 cm³/mol. The third-order valence-electron chi connectivity index (χ3n) is 3.24. The highest BCUT2D eigenvalue weighted by Crippen LogP contribution is 2.22. The average Bonchev–Trinajstić information content (AvgIpc) is 3.17. The number of rotatable bonds is 6. The lowest BCUT2D eigenvalue weighted by Crippen LogP contribution is -2.15. The molecule has 1 aromatic carbocycles. The second kappa shape index (κ2) is 5.75. The van der Waals surface area contributed by atoms with Gasteiger partial charge in [0.2, 0.25) is 0 Å². The second-order valence-corrected chi connectivity index (χ2v) is 8.30. The number of hydrogen-bond donors (Lipinski definition) is 2. The fraction of sp³-hybridized carbons (Fsp3) is 0.357. The van der Waals surface area contributed by atoms with E-state index in [1.165, 1.54) is 19.0 Å². The van der Waals surface area contributed by atoms with Crippen molar-refractivity contribution in [3.05, 3.63) is 41.0 Å². The molecule has 1 fully saturated rings. The summed E-state index contributed by atoms with van der Waals surface area (Å²) in [5, 5.41) is 4.16. The molecule has 0 amide bonds. The molecular formula is C14H17N3O2S2. The van der Waals surface area contributed by atoms with Crippen LogP contribution in [0.2, 0.25) is 0 Å². The lowest BCUT2D eigenvalue weighted by Gasteiger charge is -2.07. The summed E-state index contributed by atoms with van der Waals surface area (Å²) >= 11 is 1.16. The van der Waals surface area contributed by atoms with Gasteiger partial charge in [-0.25, -0.2) is 13.4 Å². The molecule has 3 rings (SSSR count). The molecule has 1 aliphatic rings. The van der Waals surface area contributed by atoms with E-state index in [0.29, 0.717) is 11.7 Å². The van der Waals surface area contributed by atoms with Gasteiger partial charge >= 0.3 is 0 Å². The van der Waals surface area contributed by atoms with Gasteiger partial charge in [0.05, 0.1) is 11.2 Å². The number of anilines is 1. The van der Waals surface area contributed by atoms with Gasteiger partial charge in [-0.15, -0.1) is 11.3 Å². The summed E-state index contributed by atoms with van der Waals surface area (Å²) in [5.41, 5.74) is 1.72. The van der Waals surface area contributed by atoms with Crippen molar-refractivity contribution < 1.29 is 8.42 Å². The average molecular weight is 323 g/mol. The quantitative estimate of drug-likeness (QED) is 0.857. The van der Waals surface area contributed by atoms with E-state index in [1.54, 1.807) is 19.1 Å². The van der Waals surface area contributed by atoms with Gasteiger partial charge in [-0.05, 0) is 37.5 Å². The van der Waals surface area contributed by atoms with Crippen molar-refractivity contribution in [3.8, 4) is 0 Å². The zero-order chi connectivity index (χ0) is 14.9. The van der Waals surface area contributed by atoms with Crippen LogP contribution in [0.15, 0.2) is 34.7 Å². The molecular weight excluding hydrogens is 306 g/mol. The van der Waals surface area contributed by atoms with E-state index in [2.05, 4.69) is 15.0 Å². The van der Waals surface area contributed by atoms with E-state index >= 15 is 0 Å². The Morgan fingerprint density at radius 3 is 2.57 bits per heavy atom. The number of aromatic nitrogens is 1. The maximum Gasteiger partial charge on any atom is 0.273 e. The molecule has 7 heteroatoms. The van der Waals surface area contributed by atoms with Crippen LogP contribution < -0.4 is 10.0 Å². The first kappa shape index (κ1) is 14.5. The predicted octanol–water partition coefficient (Wildman–Crippen LogP) is 2.50. The molecule has 2 aromatic rings. The molecule has 2 N–H and O–H groups in total. The summed E-state index contributed by atoms with van der Waals surface area (Å²) in [4.78, 5) is 3.98. The SMILES string of the molecule is Cc1ncc(S(=O)(=O)Nc2ccc(CNC3CC3)cc2)s1. The van der Waals surface area contributed by atoms with Crippen LogP contribution in [-0.2, 0) is 16.6 Å². The van der Waals surface area contributed by atoms with Gasteiger partial charge in [0.1, 0.15) is 0 Å². The Morgan fingerprint density at radius 2 is 2.00 bits per heavy atom. The van der Waals surface area contributed by atoms with Crippen LogP contribution >= 0.6 is 11.3 Å². The Morgan fingerprint density at radius 1 is 1.29 bits per heavy atom. The maximum absolute atomic E-state index is 12.2. The van der Waals surface area contributed by atoms with Crippen LogP contribution in [0, 0.1) is 6.92 Å². The van der Waals surface area contributed by atoms with E-state index in [4.69, 9.17) is 0 Å².